The van der Waals surface area contributed by atoms with Crippen LogP contribution in [-0.4, -0.2) is 4.92 Å². The first-order valence-electron chi connectivity index (χ1n) is 5.69. The smallest absolute Gasteiger partial charge is 0.270 e. The lowest BCUT2D eigenvalue weighted by Crippen LogP contribution is -2.04. The topological polar surface area (TPSA) is 55.2 Å². The number of rotatable bonds is 4. The van der Waals surface area contributed by atoms with Crippen LogP contribution in [0.5, 0.6) is 0 Å². The molecule has 4 nitrogen and oxygen atoms in total. The summed E-state index contributed by atoms with van der Waals surface area (Å²) < 4.78 is 39.2. The Bertz CT molecular complexity index is 710. The van der Waals surface area contributed by atoms with Crippen LogP contribution in [0, 0.1) is 27.6 Å². The molecule has 0 aromatic heterocycles. The Balaban J connectivity index is 2.17. The van der Waals surface area contributed by atoms with Crippen LogP contribution in [0.2, 0.25) is 5.02 Å². The van der Waals surface area contributed by atoms with Gasteiger partial charge in [-0.2, -0.15) is 0 Å². The van der Waals surface area contributed by atoms with Crippen molar-refractivity contribution in [3.05, 3.63) is 68.5 Å². The van der Waals surface area contributed by atoms with Crippen molar-refractivity contribution in [3.8, 4) is 0 Å². The van der Waals surface area contributed by atoms with Gasteiger partial charge in [0.25, 0.3) is 5.69 Å². The minimum atomic E-state index is -1.29. The predicted octanol–water partition coefficient (Wildman–Crippen LogP) is 4.28. The van der Waals surface area contributed by atoms with E-state index in [-0.39, 0.29) is 22.9 Å². The van der Waals surface area contributed by atoms with E-state index in [0.717, 1.165) is 6.07 Å². The molecule has 2 rings (SSSR count). The molecule has 0 atom stereocenters. The molecule has 110 valence electrons. The summed E-state index contributed by atoms with van der Waals surface area (Å²) in [7, 11) is 0. The van der Waals surface area contributed by atoms with Gasteiger partial charge in [0.05, 0.1) is 15.6 Å². The van der Waals surface area contributed by atoms with Gasteiger partial charge in [-0.15, -0.1) is 0 Å². The maximum absolute atomic E-state index is 13.4. The highest BCUT2D eigenvalue weighted by molar-refractivity contribution is 6.31. The molecule has 0 saturated carbocycles. The Labute approximate surface area is 122 Å². The number of benzene rings is 2. The van der Waals surface area contributed by atoms with E-state index in [1.165, 1.54) is 12.1 Å². The fourth-order valence-electron chi connectivity index (χ4n) is 1.64. The van der Waals surface area contributed by atoms with Crippen LogP contribution in [0.1, 0.15) is 5.56 Å². The first-order valence-corrected chi connectivity index (χ1v) is 6.07. The number of nitrogens with one attached hydrogen (secondary N) is 1. The lowest BCUT2D eigenvalue weighted by Gasteiger charge is -2.09. The molecular weight excluding hydrogens is 309 g/mol. The summed E-state index contributed by atoms with van der Waals surface area (Å²) in [6.07, 6.45) is 0. The van der Waals surface area contributed by atoms with Crippen molar-refractivity contribution in [1.82, 2.24) is 0 Å². The number of non-ortho nitro benzene ring substituents is 1. The van der Waals surface area contributed by atoms with Gasteiger partial charge in [0.1, 0.15) is 5.82 Å². The van der Waals surface area contributed by atoms with Gasteiger partial charge in [0.15, 0.2) is 11.6 Å². The number of nitrogens with zero attached hydrogens (tertiary/aromatic N) is 1. The quantitative estimate of drug-likeness (QED) is 0.520. The summed E-state index contributed by atoms with van der Waals surface area (Å²) in [5.74, 6) is -3.42. The van der Waals surface area contributed by atoms with E-state index in [0.29, 0.717) is 17.7 Å². The molecule has 0 unspecified atom stereocenters. The van der Waals surface area contributed by atoms with Crippen molar-refractivity contribution < 1.29 is 18.1 Å². The molecule has 0 heterocycles. The Morgan fingerprint density at radius 2 is 1.76 bits per heavy atom. The highest BCUT2D eigenvalue weighted by Crippen LogP contribution is 2.24. The largest absolute Gasteiger partial charge is 0.378 e. The van der Waals surface area contributed by atoms with Crippen LogP contribution in [0.3, 0.4) is 0 Å². The maximum atomic E-state index is 13.4. The fourth-order valence-corrected chi connectivity index (χ4v) is 1.88. The number of nitro benzene ring substituents is 1. The van der Waals surface area contributed by atoms with Gasteiger partial charge in [-0.1, -0.05) is 11.6 Å². The third-order valence-electron chi connectivity index (χ3n) is 2.73. The van der Waals surface area contributed by atoms with Crippen LogP contribution < -0.4 is 5.32 Å². The minimum absolute atomic E-state index is 0.00117. The molecule has 0 aliphatic heterocycles. The van der Waals surface area contributed by atoms with Crippen molar-refractivity contribution >= 4 is 23.0 Å². The number of hydrogen-bond donors (Lipinski definition) is 1. The average Bonchev–Trinajstić information content (AvgIpc) is 2.42. The predicted molar refractivity (Wildman–Crippen MR) is 71.7 cm³/mol. The van der Waals surface area contributed by atoms with Crippen LogP contribution in [-0.2, 0) is 6.54 Å². The minimum Gasteiger partial charge on any atom is -0.378 e. The van der Waals surface area contributed by atoms with Crippen molar-refractivity contribution in [3.63, 3.8) is 0 Å². The zero-order valence-electron chi connectivity index (χ0n) is 10.4. The fraction of sp³-hybridized carbons (Fsp3) is 0.0769. The monoisotopic (exact) mass is 316 g/mol. The molecule has 0 aliphatic carbocycles. The second kappa shape index (κ2) is 6.01. The van der Waals surface area contributed by atoms with Gasteiger partial charge in [-0.25, -0.2) is 13.2 Å². The first kappa shape index (κ1) is 15.1. The highest BCUT2D eigenvalue weighted by Gasteiger charge is 2.12. The van der Waals surface area contributed by atoms with E-state index < -0.39 is 22.4 Å². The van der Waals surface area contributed by atoms with Gasteiger partial charge >= 0.3 is 0 Å². The molecule has 0 bridgehead atoms. The zero-order valence-corrected chi connectivity index (χ0v) is 11.1. The third-order valence-corrected chi connectivity index (χ3v) is 3.08. The lowest BCUT2D eigenvalue weighted by atomic mass is 10.2. The summed E-state index contributed by atoms with van der Waals surface area (Å²) in [6, 6.07) is 4.90. The summed E-state index contributed by atoms with van der Waals surface area (Å²) >= 11 is 5.86. The summed E-state index contributed by atoms with van der Waals surface area (Å²) in [6.45, 7) is -0.00117. The second-order valence-corrected chi connectivity index (χ2v) is 4.54. The van der Waals surface area contributed by atoms with E-state index >= 15 is 0 Å². The number of hydrogen-bond acceptors (Lipinski definition) is 3. The number of nitro groups is 1. The molecule has 0 aliphatic rings. The molecule has 21 heavy (non-hydrogen) atoms. The van der Waals surface area contributed by atoms with Gasteiger partial charge in [0, 0.05) is 30.8 Å². The van der Waals surface area contributed by atoms with Crippen molar-refractivity contribution in [1.29, 1.82) is 0 Å². The van der Waals surface area contributed by atoms with Crippen LogP contribution in [0.25, 0.3) is 0 Å². The average molecular weight is 317 g/mol. The Hall–Kier alpha value is -2.28. The maximum Gasteiger partial charge on any atom is 0.270 e. The Kier molecular flexibility index (Phi) is 4.32. The summed E-state index contributed by atoms with van der Waals surface area (Å²) in [5, 5.41) is 13.2. The molecule has 0 saturated heterocycles. The van der Waals surface area contributed by atoms with Crippen molar-refractivity contribution in [2.75, 3.05) is 5.32 Å². The molecule has 0 spiro atoms. The van der Waals surface area contributed by atoms with Crippen LogP contribution in [0.4, 0.5) is 24.5 Å². The van der Waals surface area contributed by atoms with E-state index in [2.05, 4.69) is 5.32 Å². The number of anilines is 1. The van der Waals surface area contributed by atoms with E-state index in [4.69, 9.17) is 11.6 Å². The molecule has 0 amide bonds. The van der Waals surface area contributed by atoms with Gasteiger partial charge in [-0.05, 0) is 11.6 Å². The van der Waals surface area contributed by atoms with Crippen LogP contribution in [0.15, 0.2) is 30.3 Å². The second-order valence-electron chi connectivity index (χ2n) is 4.13. The SMILES string of the molecule is O=[N+]([O-])c1ccc(CNc2cc(F)c(F)cc2F)c(Cl)c1. The summed E-state index contributed by atoms with van der Waals surface area (Å²) in [4.78, 5) is 9.96. The normalized spacial score (nSPS) is 10.5. The van der Waals surface area contributed by atoms with E-state index in [9.17, 15) is 23.3 Å². The Morgan fingerprint density at radius 1 is 1.10 bits per heavy atom. The standard InChI is InChI=1S/C13H8ClF3N2O2/c14-9-3-8(19(20)21)2-1-7(9)6-18-13-5-11(16)10(15)4-12(13)17/h1-5,18H,6H2. The lowest BCUT2D eigenvalue weighted by molar-refractivity contribution is -0.384. The molecule has 1 N–H and O–H groups in total. The van der Waals surface area contributed by atoms with Crippen molar-refractivity contribution in [2.45, 2.75) is 6.54 Å². The van der Waals surface area contributed by atoms with E-state index in [1.54, 1.807) is 0 Å². The molecular formula is C13H8ClF3N2O2. The molecule has 2 aromatic rings. The molecule has 2 aromatic carbocycles. The molecule has 0 radical (unpaired) electrons. The first-order chi connectivity index (χ1) is 9.88. The zero-order chi connectivity index (χ0) is 15.6. The molecule has 8 heteroatoms. The van der Waals surface area contributed by atoms with Gasteiger partial charge in [-0.3, -0.25) is 10.1 Å². The van der Waals surface area contributed by atoms with Crippen molar-refractivity contribution in [2.24, 2.45) is 0 Å². The van der Waals surface area contributed by atoms with Gasteiger partial charge < -0.3 is 5.32 Å². The summed E-state index contributed by atoms with van der Waals surface area (Å²) in [5.41, 5.74) is 0.0393. The highest BCUT2D eigenvalue weighted by atomic mass is 35.5. The molecule has 0 fully saturated rings. The van der Waals surface area contributed by atoms with E-state index in [1.807, 2.05) is 0 Å². The van der Waals surface area contributed by atoms with Crippen LogP contribution >= 0.6 is 11.6 Å². The third kappa shape index (κ3) is 3.43. The number of halogens is 4. The van der Waals surface area contributed by atoms with Gasteiger partial charge in [0.2, 0.25) is 0 Å². The Morgan fingerprint density at radius 3 is 2.38 bits per heavy atom.